The Morgan fingerprint density at radius 3 is 2.29 bits per heavy atom. The van der Waals surface area contributed by atoms with E-state index in [1.165, 1.54) is 38.5 Å². The molecule has 0 aromatic carbocycles. The van der Waals surface area contributed by atoms with Crippen molar-refractivity contribution in [3.05, 3.63) is 0 Å². The summed E-state index contributed by atoms with van der Waals surface area (Å²) in [6.07, 6.45) is 8.31. The van der Waals surface area contributed by atoms with E-state index in [9.17, 15) is 4.79 Å². The minimum atomic E-state index is 0. The zero-order valence-electron chi connectivity index (χ0n) is 10.5. The highest BCUT2D eigenvalue weighted by molar-refractivity contribution is 5.85. The van der Waals surface area contributed by atoms with Gasteiger partial charge in [0.1, 0.15) is 0 Å². The van der Waals surface area contributed by atoms with Crippen molar-refractivity contribution in [2.45, 2.75) is 63.1 Å². The molecule has 2 saturated heterocycles. The standard InChI is InChI=1S/C13H22N2O.ClH/c1-15(13(16)6-9-2-3-9)12-7-10-4-5-11(8-12)14-10;/h9-12,14H,2-8H2,1H3;1H. The molecule has 1 amide bonds. The Kier molecular flexibility index (Phi) is 3.99. The molecule has 2 heterocycles. The summed E-state index contributed by atoms with van der Waals surface area (Å²) in [4.78, 5) is 14.1. The number of hydrogen-bond acceptors (Lipinski definition) is 2. The van der Waals surface area contributed by atoms with Crippen LogP contribution in [-0.4, -0.2) is 36.0 Å². The van der Waals surface area contributed by atoms with E-state index in [1.54, 1.807) is 0 Å². The molecular weight excluding hydrogens is 236 g/mol. The first-order valence-electron chi connectivity index (χ1n) is 6.74. The fourth-order valence-electron chi connectivity index (χ4n) is 3.26. The van der Waals surface area contributed by atoms with Crippen LogP contribution in [0.15, 0.2) is 0 Å². The molecular formula is C13H23ClN2O. The van der Waals surface area contributed by atoms with Crippen LogP contribution in [0.1, 0.15) is 44.9 Å². The largest absolute Gasteiger partial charge is 0.343 e. The van der Waals surface area contributed by atoms with Gasteiger partial charge in [0.05, 0.1) is 0 Å². The second kappa shape index (κ2) is 5.15. The smallest absolute Gasteiger partial charge is 0.222 e. The number of fused-ring (bicyclic) bond motifs is 2. The number of hydrogen-bond donors (Lipinski definition) is 1. The molecule has 1 aliphatic carbocycles. The Hall–Kier alpha value is -0.280. The van der Waals surface area contributed by atoms with Crippen molar-refractivity contribution in [1.29, 1.82) is 0 Å². The van der Waals surface area contributed by atoms with Gasteiger partial charge < -0.3 is 10.2 Å². The number of nitrogens with one attached hydrogen (secondary N) is 1. The summed E-state index contributed by atoms with van der Waals surface area (Å²) in [5.74, 6) is 1.10. The van der Waals surface area contributed by atoms with Gasteiger partial charge >= 0.3 is 0 Å². The van der Waals surface area contributed by atoms with Gasteiger partial charge in [-0.15, -0.1) is 12.4 Å². The molecule has 0 aromatic rings. The Bertz CT molecular complexity index is 281. The number of halogens is 1. The molecule has 2 aliphatic heterocycles. The third kappa shape index (κ3) is 2.94. The molecule has 4 heteroatoms. The lowest BCUT2D eigenvalue weighted by Crippen LogP contribution is -2.48. The van der Waals surface area contributed by atoms with Gasteiger partial charge in [-0.1, -0.05) is 0 Å². The van der Waals surface area contributed by atoms with Crippen LogP contribution < -0.4 is 5.32 Å². The van der Waals surface area contributed by atoms with Crippen molar-refractivity contribution >= 4 is 18.3 Å². The number of rotatable bonds is 3. The number of nitrogens with zero attached hydrogens (tertiary/aromatic N) is 1. The van der Waals surface area contributed by atoms with Gasteiger partial charge in [-0.2, -0.15) is 0 Å². The van der Waals surface area contributed by atoms with Crippen molar-refractivity contribution in [1.82, 2.24) is 10.2 Å². The van der Waals surface area contributed by atoms with Crippen LogP contribution in [0.3, 0.4) is 0 Å². The molecule has 2 atom stereocenters. The highest BCUT2D eigenvalue weighted by atomic mass is 35.5. The monoisotopic (exact) mass is 258 g/mol. The molecule has 0 spiro atoms. The van der Waals surface area contributed by atoms with Gasteiger partial charge in [-0.05, 0) is 44.4 Å². The molecule has 2 unspecified atom stereocenters. The van der Waals surface area contributed by atoms with Crippen LogP contribution in [-0.2, 0) is 4.79 Å². The lowest BCUT2D eigenvalue weighted by atomic mass is 9.98. The Morgan fingerprint density at radius 2 is 1.76 bits per heavy atom. The summed E-state index contributed by atoms with van der Waals surface area (Å²) in [6.45, 7) is 0. The summed E-state index contributed by atoms with van der Waals surface area (Å²) in [5, 5.41) is 3.63. The Balaban J connectivity index is 0.00000108. The molecule has 1 N–H and O–H groups in total. The van der Waals surface area contributed by atoms with E-state index >= 15 is 0 Å². The Labute approximate surface area is 110 Å². The fourth-order valence-corrected chi connectivity index (χ4v) is 3.26. The molecule has 3 nitrogen and oxygen atoms in total. The van der Waals surface area contributed by atoms with E-state index in [0.717, 1.165) is 6.42 Å². The second-order valence-electron chi connectivity index (χ2n) is 5.92. The summed E-state index contributed by atoms with van der Waals surface area (Å²) < 4.78 is 0. The first kappa shape index (κ1) is 13.2. The first-order valence-corrected chi connectivity index (χ1v) is 6.74. The maximum atomic E-state index is 12.0. The highest BCUT2D eigenvalue weighted by Gasteiger charge is 2.37. The maximum Gasteiger partial charge on any atom is 0.222 e. The normalized spacial score (nSPS) is 35.2. The van der Waals surface area contributed by atoms with Gasteiger partial charge in [-0.3, -0.25) is 4.79 Å². The SMILES string of the molecule is CN(C(=O)CC1CC1)C1CC2CCC(C1)N2.Cl. The zero-order valence-corrected chi connectivity index (χ0v) is 11.3. The summed E-state index contributed by atoms with van der Waals surface area (Å²) in [5.41, 5.74) is 0. The molecule has 3 rings (SSSR count). The number of carbonyl (C=O) groups excluding carboxylic acids is 1. The average molecular weight is 259 g/mol. The van der Waals surface area contributed by atoms with Crippen molar-refractivity contribution < 1.29 is 4.79 Å². The zero-order chi connectivity index (χ0) is 11.1. The topological polar surface area (TPSA) is 32.3 Å². The minimum Gasteiger partial charge on any atom is -0.343 e. The van der Waals surface area contributed by atoms with Crippen LogP contribution >= 0.6 is 12.4 Å². The highest BCUT2D eigenvalue weighted by Crippen LogP contribution is 2.34. The molecule has 3 aliphatic rings. The number of amides is 1. The molecule has 0 aromatic heterocycles. The van der Waals surface area contributed by atoms with E-state index in [-0.39, 0.29) is 12.4 Å². The van der Waals surface area contributed by atoms with Gasteiger partial charge in [-0.25, -0.2) is 0 Å². The summed E-state index contributed by atoms with van der Waals surface area (Å²) in [7, 11) is 2.01. The van der Waals surface area contributed by atoms with Gasteiger partial charge in [0.15, 0.2) is 0 Å². The van der Waals surface area contributed by atoms with E-state index in [1.807, 2.05) is 11.9 Å². The first-order chi connectivity index (χ1) is 7.72. The third-order valence-electron chi connectivity index (χ3n) is 4.55. The van der Waals surface area contributed by atoms with Crippen LogP contribution in [0.2, 0.25) is 0 Å². The van der Waals surface area contributed by atoms with E-state index < -0.39 is 0 Å². The molecule has 0 radical (unpaired) electrons. The molecule has 17 heavy (non-hydrogen) atoms. The van der Waals surface area contributed by atoms with Gasteiger partial charge in [0.25, 0.3) is 0 Å². The van der Waals surface area contributed by atoms with Crippen LogP contribution in [0, 0.1) is 5.92 Å². The van der Waals surface area contributed by atoms with Crippen LogP contribution in [0.5, 0.6) is 0 Å². The predicted octanol–water partition coefficient (Wildman–Crippen LogP) is 1.95. The van der Waals surface area contributed by atoms with E-state index in [0.29, 0.717) is 30.0 Å². The van der Waals surface area contributed by atoms with Gasteiger partial charge in [0.2, 0.25) is 5.91 Å². The molecule has 1 saturated carbocycles. The fraction of sp³-hybridized carbons (Fsp3) is 0.923. The number of carbonyl (C=O) groups is 1. The van der Waals surface area contributed by atoms with Crippen molar-refractivity contribution in [3.63, 3.8) is 0 Å². The van der Waals surface area contributed by atoms with Crippen molar-refractivity contribution in [3.8, 4) is 0 Å². The number of piperidine rings is 1. The lowest BCUT2D eigenvalue weighted by Gasteiger charge is -2.35. The minimum absolute atomic E-state index is 0. The van der Waals surface area contributed by atoms with Crippen LogP contribution in [0.4, 0.5) is 0 Å². The Morgan fingerprint density at radius 1 is 1.18 bits per heavy atom. The van der Waals surface area contributed by atoms with Crippen LogP contribution in [0.25, 0.3) is 0 Å². The molecule has 98 valence electrons. The quantitative estimate of drug-likeness (QED) is 0.839. The summed E-state index contributed by atoms with van der Waals surface area (Å²) >= 11 is 0. The average Bonchev–Trinajstić information content (AvgIpc) is 3.03. The third-order valence-corrected chi connectivity index (χ3v) is 4.55. The van der Waals surface area contributed by atoms with Gasteiger partial charge in [0, 0.05) is 31.6 Å². The second-order valence-corrected chi connectivity index (χ2v) is 5.92. The van der Waals surface area contributed by atoms with Crippen molar-refractivity contribution in [2.75, 3.05) is 7.05 Å². The molecule has 3 fully saturated rings. The molecule has 2 bridgehead atoms. The predicted molar refractivity (Wildman–Crippen MR) is 70.3 cm³/mol. The maximum absolute atomic E-state index is 12.0. The van der Waals surface area contributed by atoms with E-state index in [2.05, 4.69) is 5.32 Å². The van der Waals surface area contributed by atoms with Crippen molar-refractivity contribution in [2.24, 2.45) is 5.92 Å². The lowest BCUT2D eigenvalue weighted by molar-refractivity contribution is -0.133. The summed E-state index contributed by atoms with van der Waals surface area (Å²) in [6, 6.07) is 1.87. The van der Waals surface area contributed by atoms with E-state index in [4.69, 9.17) is 0 Å².